The molecule has 0 aliphatic carbocycles. The van der Waals surface area contributed by atoms with Gasteiger partial charge < -0.3 is 19.4 Å². The summed E-state index contributed by atoms with van der Waals surface area (Å²) in [7, 11) is 3.63. The van der Waals surface area contributed by atoms with Gasteiger partial charge in [-0.15, -0.1) is 0 Å². The van der Waals surface area contributed by atoms with Gasteiger partial charge >= 0.3 is 0 Å². The number of amides is 1. The maximum atomic E-state index is 12.2. The summed E-state index contributed by atoms with van der Waals surface area (Å²) in [4.78, 5) is 16.8. The highest BCUT2D eigenvalue weighted by molar-refractivity contribution is 5.79. The summed E-state index contributed by atoms with van der Waals surface area (Å²) in [6, 6.07) is 13.5. The van der Waals surface area contributed by atoms with E-state index < -0.39 is 0 Å². The van der Waals surface area contributed by atoms with Gasteiger partial charge in [0.05, 0.1) is 31.2 Å². The number of carbonyl (C=O) groups is 1. The number of ether oxygens (including phenoxy) is 2. The number of fused-ring (bicyclic) bond motifs is 1. The maximum absolute atomic E-state index is 12.2. The van der Waals surface area contributed by atoms with Gasteiger partial charge in [0.2, 0.25) is 5.91 Å². The van der Waals surface area contributed by atoms with E-state index in [2.05, 4.69) is 10.3 Å². The summed E-state index contributed by atoms with van der Waals surface area (Å²) in [5.41, 5.74) is 2.91. The van der Waals surface area contributed by atoms with E-state index in [1.54, 1.807) is 7.11 Å². The third-order valence-corrected chi connectivity index (χ3v) is 4.45. The molecule has 27 heavy (non-hydrogen) atoms. The molecule has 3 aromatic rings. The van der Waals surface area contributed by atoms with Gasteiger partial charge in [-0.05, 0) is 36.8 Å². The van der Waals surface area contributed by atoms with Crippen molar-refractivity contribution < 1.29 is 14.3 Å². The summed E-state index contributed by atoms with van der Waals surface area (Å²) in [6.07, 6.45) is 1.02. The summed E-state index contributed by atoms with van der Waals surface area (Å²) in [5.74, 6) is 2.54. The minimum atomic E-state index is -0.000377. The molecule has 6 nitrogen and oxygen atoms in total. The highest BCUT2D eigenvalue weighted by atomic mass is 16.5. The number of benzene rings is 2. The van der Waals surface area contributed by atoms with Crippen molar-refractivity contribution in [3.8, 4) is 11.5 Å². The first-order valence-electron chi connectivity index (χ1n) is 9.08. The largest absolute Gasteiger partial charge is 0.497 e. The lowest BCUT2D eigenvalue weighted by Crippen LogP contribution is -2.27. The van der Waals surface area contributed by atoms with Gasteiger partial charge in [-0.25, -0.2) is 4.98 Å². The van der Waals surface area contributed by atoms with E-state index in [0.717, 1.165) is 33.9 Å². The van der Waals surface area contributed by atoms with Gasteiger partial charge in [0.1, 0.15) is 17.3 Å². The van der Waals surface area contributed by atoms with Crippen LogP contribution in [0.1, 0.15) is 18.3 Å². The van der Waals surface area contributed by atoms with Crippen LogP contribution in [-0.4, -0.2) is 35.7 Å². The Morgan fingerprint density at radius 2 is 1.89 bits per heavy atom. The first-order valence-corrected chi connectivity index (χ1v) is 9.08. The van der Waals surface area contributed by atoms with Crippen LogP contribution in [0.3, 0.4) is 0 Å². The zero-order valence-electron chi connectivity index (χ0n) is 16.0. The molecule has 0 unspecified atom stereocenters. The highest BCUT2D eigenvalue weighted by Gasteiger charge is 2.09. The number of rotatable bonds is 8. The third kappa shape index (κ3) is 4.58. The second kappa shape index (κ2) is 8.58. The number of aryl methyl sites for hydroxylation is 1. The average Bonchev–Trinajstić information content (AvgIpc) is 2.98. The van der Waals surface area contributed by atoms with E-state index in [1.807, 2.05) is 61.0 Å². The predicted molar refractivity (Wildman–Crippen MR) is 105 cm³/mol. The Kier molecular flexibility index (Phi) is 5.96. The molecular weight excluding hydrogens is 342 g/mol. The molecule has 0 aliphatic heterocycles. The molecular formula is C21H25N3O3. The fraction of sp³-hybridized carbons (Fsp3) is 0.333. The lowest BCUT2D eigenvalue weighted by molar-refractivity contribution is -0.120. The van der Waals surface area contributed by atoms with Gasteiger partial charge in [0, 0.05) is 26.1 Å². The molecule has 1 N–H and O–H groups in total. The van der Waals surface area contributed by atoms with Gasteiger partial charge in [0.15, 0.2) is 0 Å². The van der Waals surface area contributed by atoms with Crippen molar-refractivity contribution in [2.75, 3.05) is 20.3 Å². The molecule has 0 fully saturated rings. The Hall–Kier alpha value is -3.02. The quantitative estimate of drug-likeness (QED) is 0.665. The zero-order valence-corrected chi connectivity index (χ0v) is 16.0. The van der Waals surface area contributed by atoms with E-state index in [0.29, 0.717) is 26.0 Å². The third-order valence-electron chi connectivity index (χ3n) is 4.45. The molecule has 1 heterocycles. The number of methoxy groups -OCH3 is 1. The van der Waals surface area contributed by atoms with Crippen molar-refractivity contribution in [2.24, 2.45) is 7.05 Å². The van der Waals surface area contributed by atoms with E-state index in [1.165, 1.54) is 0 Å². The molecule has 0 aliphatic rings. The summed E-state index contributed by atoms with van der Waals surface area (Å²) >= 11 is 0. The molecule has 0 spiro atoms. The Morgan fingerprint density at radius 3 is 2.59 bits per heavy atom. The Balaban J connectivity index is 1.53. The number of carbonyl (C=O) groups excluding carboxylic acids is 1. The van der Waals surface area contributed by atoms with Crippen LogP contribution in [0.25, 0.3) is 11.0 Å². The van der Waals surface area contributed by atoms with Gasteiger partial charge in [-0.3, -0.25) is 4.79 Å². The van der Waals surface area contributed by atoms with E-state index >= 15 is 0 Å². The van der Waals surface area contributed by atoms with Crippen LogP contribution in [0.5, 0.6) is 11.5 Å². The predicted octanol–water partition coefficient (Wildman–Crippen LogP) is 2.88. The molecule has 0 atom stereocenters. The fourth-order valence-corrected chi connectivity index (χ4v) is 3.01. The van der Waals surface area contributed by atoms with Crippen LogP contribution >= 0.6 is 0 Å². The summed E-state index contributed by atoms with van der Waals surface area (Å²) in [6.45, 7) is 3.13. The minimum absolute atomic E-state index is 0.000377. The SMILES string of the molecule is CCOc1ccc(CC(=O)NCCc2nc3cc(OC)ccc3n2C)cc1. The van der Waals surface area contributed by atoms with E-state index in [-0.39, 0.29) is 5.91 Å². The lowest BCUT2D eigenvalue weighted by Gasteiger charge is -2.07. The average molecular weight is 367 g/mol. The number of hydrogen-bond donors (Lipinski definition) is 1. The summed E-state index contributed by atoms with van der Waals surface area (Å²) in [5, 5.41) is 2.97. The lowest BCUT2D eigenvalue weighted by atomic mass is 10.1. The Labute approximate surface area is 159 Å². The minimum Gasteiger partial charge on any atom is -0.497 e. The monoisotopic (exact) mass is 367 g/mol. The van der Waals surface area contributed by atoms with Gasteiger partial charge in [-0.1, -0.05) is 12.1 Å². The molecule has 0 bridgehead atoms. The van der Waals surface area contributed by atoms with Crippen molar-refractivity contribution in [2.45, 2.75) is 19.8 Å². The van der Waals surface area contributed by atoms with Crippen molar-refractivity contribution in [1.82, 2.24) is 14.9 Å². The first-order chi connectivity index (χ1) is 13.1. The molecule has 3 rings (SSSR count). The topological polar surface area (TPSA) is 65.4 Å². The van der Waals surface area contributed by atoms with E-state index in [4.69, 9.17) is 9.47 Å². The Bertz CT molecular complexity index is 916. The maximum Gasteiger partial charge on any atom is 0.224 e. The molecule has 6 heteroatoms. The molecule has 0 saturated carbocycles. The first kappa shape index (κ1) is 18.8. The second-order valence-electron chi connectivity index (χ2n) is 6.30. The van der Waals surface area contributed by atoms with Crippen molar-refractivity contribution in [1.29, 1.82) is 0 Å². The van der Waals surface area contributed by atoms with Crippen LogP contribution in [0, 0.1) is 0 Å². The van der Waals surface area contributed by atoms with Crippen molar-refractivity contribution in [3.05, 3.63) is 53.9 Å². The van der Waals surface area contributed by atoms with Crippen LogP contribution in [0.4, 0.5) is 0 Å². The Morgan fingerprint density at radius 1 is 1.15 bits per heavy atom. The standard InChI is InChI=1S/C21H25N3O3/c1-4-27-16-7-5-15(6-8-16)13-21(25)22-12-11-20-23-18-14-17(26-3)9-10-19(18)24(20)2/h5-10,14H,4,11-13H2,1-3H3,(H,22,25). The van der Waals surface area contributed by atoms with Crippen LogP contribution < -0.4 is 14.8 Å². The van der Waals surface area contributed by atoms with Crippen LogP contribution in [-0.2, 0) is 24.7 Å². The number of hydrogen-bond acceptors (Lipinski definition) is 4. The van der Waals surface area contributed by atoms with Gasteiger partial charge in [0.25, 0.3) is 0 Å². The van der Waals surface area contributed by atoms with Crippen LogP contribution in [0.2, 0.25) is 0 Å². The highest BCUT2D eigenvalue weighted by Crippen LogP contribution is 2.21. The van der Waals surface area contributed by atoms with Crippen molar-refractivity contribution >= 4 is 16.9 Å². The van der Waals surface area contributed by atoms with Crippen LogP contribution in [0.15, 0.2) is 42.5 Å². The molecule has 1 aromatic heterocycles. The zero-order chi connectivity index (χ0) is 19.2. The smallest absolute Gasteiger partial charge is 0.224 e. The number of aromatic nitrogens is 2. The number of nitrogens with zero attached hydrogens (tertiary/aromatic N) is 2. The molecule has 0 saturated heterocycles. The second-order valence-corrected chi connectivity index (χ2v) is 6.30. The number of imidazole rings is 1. The fourth-order valence-electron chi connectivity index (χ4n) is 3.01. The van der Waals surface area contributed by atoms with E-state index in [9.17, 15) is 4.79 Å². The molecule has 1 amide bonds. The van der Waals surface area contributed by atoms with Crippen molar-refractivity contribution in [3.63, 3.8) is 0 Å². The normalized spacial score (nSPS) is 10.8. The van der Waals surface area contributed by atoms with Gasteiger partial charge in [-0.2, -0.15) is 0 Å². The summed E-state index contributed by atoms with van der Waals surface area (Å²) < 4.78 is 12.7. The number of nitrogens with one attached hydrogen (secondary N) is 1. The molecule has 0 radical (unpaired) electrons. The molecule has 142 valence electrons. The molecule has 2 aromatic carbocycles.